The molecule has 0 N–H and O–H groups in total. The molecule has 5 nitrogen and oxygen atoms in total. The standard InChI is InChI=1S/C16H10BrF3N4O/c1-9-4-5-11(14(17)22-9)25-13-7-12(16(18,19)20)23-15(24-13)10-3-2-6-21-8-10/h2-8H,1H3. The highest BCUT2D eigenvalue weighted by molar-refractivity contribution is 9.10. The average molecular weight is 411 g/mol. The molecular formula is C16H10BrF3N4O. The lowest BCUT2D eigenvalue weighted by atomic mass is 10.2. The van der Waals surface area contributed by atoms with Crippen molar-refractivity contribution in [1.29, 1.82) is 0 Å². The second-order valence-electron chi connectivity index (χ2n) is 5.00. The lowest BCUT2D eigenvalue weighted by Gasteiger charge is -2.12. The van der Waals surface area contributed by atoms with Gasteiger partial charge in [-0.25, -0.2) is 9.97 Å². The van der Waals surface area contributed by atoms with Crippen LogP contribution in [0.15, 0.2) is 47.3 Å². The highest BCUT2D eigenvalue weighted by Crippen LogP contribution is 2.34. The van der Waals surface area contributed by atoms with E-state index in [-0.39, 0.29) is 17.5 Å². The number of aromatic nitrogens is 4. The van der Waals surface area contributed by atoms with Crippen LogP contribution >= 0.6 is 15.9 Å². The molecule has 0 aliphatic heterocycles. The zero-order valence-corrected chi connectivity index (χ0v) is 14.3. The van der Waals surface area contributed by atoms with Crippen molar-refractivity contribution in [2.45, 2.75) is 13.1 Å². The van der Waals surface area contributed by atoms with Gasteiger partial charge in [0, 0.05) is 29.7 Å². The van der Waals surface area contributed by atoms with Crippen molar-refractivity contribution in [1.82, 2.24) is 19.9 Å². The highest BCUT2D eigenvalue weighted by atomic mass is 79.9. The van der Waals surface area contributed by atoms with Crippen molar-refractivity contribution in [3.8, 4) is 23.0 Å². The van der Waals surface area contributed by atoms with Crippen molar-refractivity contribution in [2.24, 2.45) is 0 Å². The molecule has 9 heteroatoms. The third-order valence-corrected chi connectivity index (χ3v) is 3.65. The molecule has 3 aromatic heterocycles. The fourth-order valence-corrected chi connectivity index (χ4v) is 2.44. The van der Waals surface area contributed by atoms with Gasteiger partial charge in [-0.3, -0.25) is 4.98 Å². The van der Waals surface area contributed by atoms with Crippen molar-refractivity contribution >= 4 is 15.9 Å². The second-order valence-corrected chi connectivity index (χ2v) is 5.75. The molecule has 0 aliphatic carbocycles. The van der Waals surface area contributed by atoms with Crippen LogP contribution in [0.2, 0.25) is 0 Å². The van der Waals surface area contributed by atoms with E-state index in [2.05, 4.69) is 35.9 Å². The fraction of sp³-hybridized carbons (Fsp3) is 0.125. The first kappa shape index (κ1) is 17.3. The van der Waals surface area contributed by atoms with E-state index < -0.39 is 11.9 Å². The van der Waals surface area contributed by atoms with Gasteiger partial charge in [0.2, 0.25) is 5.88 Å². The SMILES string of the molecule is Cc1ccc(Oc2cc(C(F)(F)F)nc(-c3cccnc3)n2)c(Br)n1. The number of alkyl halides is 3. The Morgan fingerprint density at radius 3 is 2.52 bits per heavy atom. The Kier molecular flexibility index (Phi) is 4.67. The van der Waals surface area contributed by atoms with Gasteiger partial charge in [-0.05, 0) is 47.1 Å². The van der Waals surface area contributed by atoms with Crippen LogP contribution < -0.4 is 4.74 Å². The van der Waals surface area contributed by atoms with E-state index in [0.29, 0.717) is 10.2 Å². The number of halogens is 4. The molecule has 128 valence electrons. The summed E-state index contributed by atoms with van der Waals surface area (Å²) in [5, 5.41) is 0. The Labute approximate surface area is 149 Å². The summed E-state index contributed by atoms with van der Waals surface area (Å²) in [7, 11) is 0. The van der Waals surface area contributed by atoms with E-state index in [4.69, 9.17) is 4.74 Å². The van der Waals surface area contributed by atoms with Crippen LogP contribution in [0, 0.1) is 6.92 Å². The first-order chi connectivity index (χ1) is 11.8. The third kappa shape index (κ3) is 4.11. The number of aryl methyl sites for hydroxylation is 1. The number of hydrogen-bond acceptors (Lipinski definition) is 5. The quantitative estimate of drug-likeness (QED) is 0.579. The van der Waals surface area contributed by atoms with E-state index in [1.807, 2.05) is 0 Å². The summed E-state index contributed by atoms with van der Waals surface area (Å²) < 4.78 is 45.3. The maximum atomic E-state index is 13.2. The fourth-order valence-electron chi connectivity index (χ4n) is 1.95. The number of nitrogens with zero attached hydrogens (tertiary/aromatic N) is 4. The van der Waals surface area contributed by atoms with E-state index in [1.54, 1.807) is 31.2 Å². The van der Waals surface area contributed by atoms with E-state index in [0.717, 1.165) is 11.8 Å². The average Bonchev–Trinajstić information content (AvgIpc) is 2.57. The predicted octanol–water partition coefficient (Wildman–Crippen LogP) is 4.82. The Morgan fingerprint density at radius 1 is 1.08 bits per heavy atom. The third-order valence-electron chi connectivity index (χ3n) is 3.08. The minimum Gasteiger partial charge on any atom is -0.436 e. The first-order valence-electron chi connectivity index (χ1n) is 7.00. The van der Waals surface area contributed by atoms with Crippen molar-refractivity contribution in [3.05, 3.63) is 58.7 Å². The molecule has 0 fully saturated rings. The second kappa shape index (κ2) is 6.75. The summed E-state index contributed by atoms with van der Waals surface area (Å²) in [6, 6.07) is 7.15. The van der Waals surface area contributed by atoms with Gasteiger partial charge < -0.3 is 4.74 Å². The molecule has 0 saturated carbocycles. The molecule has 3 aromatic rings. The van der Waals surface area contributed by atoms with Gasteiger partial charge >= 0.3 is 6.18 Å². The van der Waals surface area contributed by atoms with Gasteiger partial charge in [0.25, 0.3) is 0 Å². The van der Waals surface area contributed by atoms with Crippen LogP contribution in [0.3, 0.4) is 0 Å². The van der Waals surface area contributed by atoms with Gasteiger partial charge in [0.05, 0.1) is 0 Å². The van der Waals surface area contributed by atoms with Gasteiger partial charge in [0.1, 0.15) is 4.60 Å². The summed E-state index contributed by atoms with van der Waals surface area (Å²) in [6.07, 6.45) is -1.76. The molecule has 3 rings (SSSR count). The molecule has 0 aromatic carbocycles. The smallest absolute Gasteiger partial charge is 0.433 e. The molecule has 0 aliphatic rings. The van der Waals surface area contributed by atoms with Crippen molar-refractivity contribution < 1.29 is 17.9 Å². The number of pyridine rings is 2. The lowest BCUT2D eigenvalue weighted by Crippen LogP contribution is -2.10. The zero-order chi connectivity index (χ0) is 18.0. The monoisotopic (exact) mass is 410 g/mol. The van der Waals surface area contributed by atoms with E-state index >= 15 is 0 Å². The lowest BCUT2D eigenvalue weighted by molar-refractivity contribution is -0.141. The summed E-state index contributed by atoms with van der Waals surface area (Å²) in [5.74, 6) is -0.129. The van der Waals surface area contributed by atoms with Gasteiger partial charge in [0.15, 0.2) is 17.3 Å². The van der Waals surface area contributed by atoms with Crippen LogP contribution in [0.4, 0.5) is 13.2 Å². The normalized spacial score (nSPS) is 11.4. The van der Waals surface area contributed by atoms with Gasteiger partial charge in [-0.15, -0.1) is 0 Å². The van der Waals surface area contributed by atoms with E-state index in [9.17, 15) is 13.2 Å². The summed E-state index contributed by atoms with van der Waals surface area (Å²) in [5.41, 5.74) is -0.0268. The van der Waals surface area contributed by atoms with Gasteiger partial charge in [-0.1, -0.05) is 0 Å². The Hall–Kier alpha value is -2.55. The number of rotatable bonds is 3. The zero-order valence-electron chi connectivity index (χ0n) is 12.8. The summed E-state index contributed by atoms with van der Waals surface area (Å²) in [6.45, 7) is 1.78. The minimum atomic E-state index is -4.64. The Morgan fingerprint density at radius 2 is 1.88 bits per heavy atom. The number of hydrogen-bond donors (Lipinski definition) is 0. The van der Waals surface area contributed by atoms with E-state index in [1.165, 1.54) is 12.4 Å². The van der Waals surface area contributed by atoms with Crippen molar-refractivity contribution in [3.63, 3.8) is 0 Å². The maximum absolute atomic E-state index is 13.2. The van der Waals surface area contributed by atoms with Crippen LogP contribution in [0.25, 0.3) is 11.4 Å². The topological polar surface area (TPSA) is 60.8 Å². The Balaban J connectivity index is 2.06. The molecule has 0 bridgehead atoms. The summed E-state index contributed by atoms with van der Waals surface area (Å²) >= 11 is 3.21. The molecule has 0 atom stereocenters. The molecular weight excluding hydrogens is 401 g/mol. The largest absolute Gasteiger partial charge is 0.436 e. The van der Waals surface area contributed by atoms with Crippen LogP contribution in [0.1, 0.15) is 11.4 Å². The maximum Gasteiger partial charge on any atom is 0.433 e. The van der Waals surface area contributed by atoms with Crippen LogP contribution in [-0.4, -0.2) is 19.9 Å². The molecule has 0 radical (unpaired) electrons. The number of ether oxygens (including phenoxy) is 1. The molecule has 0 saturated heterocycles. The minimum absolute atomic E-state index is 0.130. The first-order valence-corrected chi connectivity index (χ1v) is 7.80. The highest BCUT2D eigenvalue weighted by Gasteiger charge is 2.34. The van der Waals surface area contributed by atoms with Crippen LogP contribution in [-0.2, 0) is 6.18 Å². The van der Waals surface area contributed by atoms with Crippen LogP contribution in [0.5, 0.6) is 11.6 Å². The molecule has 3 heterocycles. The molecule has 0 spiro atoms. The Bertz CT molecular complexity index is 904. The molecule has 25 heavy (non-hydrogen) atoms. The predicted molar refractivity (Wildman–Crippen MR) is 87.0 cm³/mol. The summed E-state index contributed by atoms with van der Waals surface area (Å²) in [4.78, 5) is 15.6. The molecule has 0 unspecified atom stereocenters. The van der Waals surface area contributed by atoms with Crippen molar-refractivity contribution in [2.75, 3.05) is 0 Å². The van der Waals surface area contributed by atoms with Gasteiger partial charge in [-0.2, -0.15) is 18.2 Å². The molecule has 0 amide bonds.